The Morgan fingerprint density at radius 3 is 2.77 bits per heavy atom. The maximum atomic E-state index is 12.4. The fourth-order valence-corrected chi connectivity index (χ4v) is 2.95. The van der Waals surface area contributed by atoms with Gasteiger partial charge in [-0.2, -0.15) is 0 Å². The molecule has 1 aliphatic rings. The Morgan fingerprint density at radius 2 is 2.09 bits per heavy atom. The lowest BCUT2D eigenvalue weighted by molar-refractivity contribution is 0.0926. The van der Waals surface area contributed by atoms with Gasteiger partial charge >= 0.3 is 0 Å². The van der Waals surface area contributed by atoms with E-state index in [2.05, 4.69) is 54.6 Å². The van der Waals surface area contributed by atoms with Crippen molar-refractivity contribution in [2.75, 3.05) is 13.1 Å². The number of fused-ring (bicyclic) bond motifs is 1. The number of benzene rings is 1. The summed E-state index contributed by atoms with van der Waals surface area (Å²) in [7, 11) is 0. The minimum atomic E-state index is -0.0118. The number of amides is 1. The van der Waals surface area contributed by atoms with Gasteiger partial charge < -0.3 is 15.6 Å². The molecule has 1 aromatic carbocycles. The minimum absolute atomic E-state index is 0.0118. The molecule has 0 bridgehead atoms. The van der Waals surface area contributed by atoms with Gasteiger partial charge in [-0.3, -0.25) is 4.79 Å². The highest BCUT2D eigenvalue weighted by Gasteiger charge is 2.19. The molecular weight excluding hydrogens is 274 g/mol. The van der Waals surface area contributed by atoms with Crippen LogP contribution in [0.2, 0.25) is 0 Å². The SMILES string of the molecule is CC(C)(C)c1ccc2cc(C(=O)N[C@H]3CCCNC3)[nH]c2c1. The van der Waals surface area contributed by atoms with Crippen LogP contribution in [0.4, 0.5) is 0 Å². The molecule has 2 heterocycles. The zero-order valence-electron chi connectivity index (χ0n) is 13.6. The molecule has 4 nitrogen and oxygen atoms in total. The smallest absolute Gasteiger partial charge is 0.267 e. The number of aromatic amines is 1. The molecule has 0 saturated carbocycles. The van der Waals surface area contributed by atoms with Gasteiger partial charge in [-0.25, -0.2) is 0 Å². The number of hydrogen-bond donors (Lipinski definition) is 3. The van der Waals surface area contributed by atoms with E-state index in [4.69, 9.17) is 0 Å². The third kappa shape index (κ3) is 3.17. The molecule has 0 aliphatic carbocycles. The first kappa shape index (κ1) is 15.1. The van der Waals surface area contributed by atoms with Crippen LogP contribution in [0.15, 0.2) is 24.3 Å². The summed E-state index contributed by atoms with van der Waals surface area (Å²) < 4.78 is 0. The molecule has 0 radical (unpaired) electrons. The van der Waals surface area contributed by atoms with Crippen LogP contribution < -0.4 is 10.6 Å². The highest BCUT2D eigenvalue weighted by Crippen LogP contribution is 2.26. The molecule has 1 aromatic heterocycles. The first-order valence-corrected chi connectivity index (χ1v) is 8.08. The molecule has 0 unspecified atom stereocenters. The van der Waals surface area contributed by atoms with Crippen molar-refractivity contribution < 1.29 is 4.79 Å². The second kappa shape index (κ2) is 5.76. The fourth-order valence-electron chi connectivity index (χ4n) is 2.95. The Bertz CT molecular complexity index is 675. The van der Waals surface area contributed by atoms with Crippen molar-refractivity contribution in [3.63, 3.8) is 0 Å². The number of nitrogens with one attached hydrogen (secondary N) is 3. The van der Waals surface area contributed by atoms with Crippen molar-refractivity contribution in [2.24, 2.45) is 0 Å². The monoisotopic (exact) mass is 299 g/mol. The summed E-state index contributed by atoms with van der Waals surface area (Å²) in [5.41, 5.74) is 3.05. The Hall–Kier alpha value is -1.81. The number of rotatable bonds is 2. The Kier molecular flexibility index (Phi) is 3.96. The van der Waals surface area contributed by atoms with E-state index in [0.29, 0.717) is 5.69 Å². The summed E-state index contributed by atoms with van der Waals surface area (Å²) in [5.74, 6) is -0.0118. The Balaban J connectivity index is 1.80. The van der Waals surface area contributed by atoms with E-state index < -0.39 is 0 Å². The average molecular weight is 299 g/mol. The molecule has 1 amide bonds. The number of aromatic nitrogens is 1. The minimum Gasteiger partial charge on any atom is -0.351 e. The van der Waals surface area contributed by atoms with Gasteiger partial charge in [0.1, 0.15) is 5.69 Å². The van der Waals surface area contributed by atoms with Gasteiger partial charge in [0.25, 0.3) is 5.91 Å². The highest BCUT2D eigenvalue weighted by atomic mass is 16.1. The summed E-state index contributed by atoms with van der Waals surface area (Å²) in [5, 5.41) is 7.51. The van der Waals surface area contributed by atoms with E-state index in [0.717, 1.165) is 36.8 Å². The fraction of sp³-hybridized carbons (Fsp3) is 0.500. The summed E-state index contributed by atoms with van der Waals surface area (Å²) >= 11 is 0. The zero-order chi connectivity index (χ0) is 15.7. The number of carbonyl (C=O) groups is 1. The van der Waals surface area contributed by atoms with Crippen LogP contribution in [0.25, 0.3) is 10.9 Å². The lowest BCUT2D eigenvalue weighted by Gasteiger charge is -2.23. The van der Waals surface area contributed by atoms with Gasteiger partial charge in [-0.1, -0.05) is 32.9 Å². The number of H-pyrrole nitrogens is 1. The van der Waals surface area contributed by atoms with Crippen molar-refractivity contribution in [2.45, 2.75) is 45.1 Å². The third-order valence-corrected chi connectivity index (χ3v) is 4.37. The van der Waals surface area contributed by atoms with Crippen LogP contribution in [-0.4, -0.2) is 30.0 Å². The molecule has 3 rings (SSSR count). The van der Waals surface area contributed by atoms with Gasteiger partial charge in [-0.05, 0) is 42.5 Å². The van der Waals surface area contributed by atoms with Gasteiger partial charge in [0.15, 0.2) is 0 Å². The van der Waals surface area contributed by atoms with Gasteiger partial charge in [0.2, 0.25) is 0 Å². The summed E-state index contributed by atoms with van der Waals surface area (Å²) in [6.45, 7) is 8.50. The van der Waals surface area contributed by atoms with Crippen LogP contribution in [0, 0.1) is 0 Å². The van der Waals surface area contributed by atoms with Crippen molar-refractivity contribution >= 4 is 16.8 Å². The third-order valence-electron chi connectivity index (χ3n) is 4.37. The molecule has 1 aliphatic heterocycles. The topological polar surface area (TPSA) is 56.9 Å². The maximum absolute atomic E-state index is 12.4. The highest BCUT2D eigenvalue weighted by molar-refractivity contribution is 5.98. The Morgan fingerprint density at radius 1 is 1.27 bits per heavy atom. The molecule has 118 valence electrons. The van der Waals surface area contributed by atoms with Crippen molar-refractivity contribution in [1.82, 2.24) is 15.6 Å². The predicted octanol–water partition coefficient (Wildman–Crippen LogP) is 2.95. The lowest BCUT2D eigenvalue weighted by Crippen LogP contribution is -2.45. The lowest BCUT2D eigenvalue weighted by atomic mass is 9.87. The molecule has 22 heavy (non-hydrogen) atoms. The van der Waals surface area contributed by atoms with E-state index in [-0.39, 0.29) is 17.4 Å². The second-order valence-corrected chi connectivity index (χ2v) is 7.25. The van der Waals surface area contributed by atoms with Gasteiger partial charge in [0.05, 0.1) is 0 Å². The van der Waals surface area contributed by atoms with Crippen molar-refractivity contribution in [3.8, 4) is 0 Å². The van der Waals surface area contributed by atoms with Gasteiger partial charge in [-0.15, -0.1) is 0 Å². The van der Waals surface area contributed by atoms with E-state index in [1.165, 1.54) is 5.56 Å². The van der Waals surface area contributed by atoms with Crippen LogP contribution in [-0.2, 0) is 5.41 Å². The second-order valence-electron chi connectivity index (χ2n) is 7.25. The van der Waals surface area contributed by atoms with E-state index in [1.54, 1.807) is 0 Å². The first-order chi connectivity index (χ1) is 10.4. The molecule has 3 N–H and O–H groups in total. The van der Waals surface area contributed by atoms with Crippen molar-refractivity contribution in [1.29, 1.82) is 0 Å². The maximum Gasteiger partial charge on any atom is 0.267 e. The van der Waals surface area contributed by atoms with E-state index >= 15 is 0 Å². The summed E-state index contributed by atoms with van der Waals surface area (Å²) in [6, 6.07) is 8.55. The van der Waals surface area contributed by atoms with E-state index in [9.17, 15) is 4.79 Å². The molecule has 2 aromatic rings. The number of piperidine rings is 1. The first-order valence-electron chi connectivity index (χ1n) is 8.08. The summed E-state index contributed by atoms with van der Waals surface area (Å²) in [4.78, 5) is 15.7. The molecule has 1 fully saturated rings. The predicted molar refractivity (Wildman–Crippen MR) is 90.4 cm³/mol. The normalized spacial score (nSPS) is 19.3. The molecular formula is C18H25N3O. The van der Waals surface area contributed by atoms with Crippen LogP contribution in [0.1, 0.15) is 49.7 Å². The number of carbonyl (C=O) groups excluding carboxylic acids is 1. The zero-order valence-corrected chi connectivity index (χ0v) is 13.6. The average Bonchev–Trinajstić information content (AvgIpc) is 2.90. The molecule has 4 heteroatoms. The van der Waals surface area contributed by atoms with Gasteiger partial charge in [0, 0.05) is 23.5 Å². The number of hydrogen-bond acceptors (Lipinski definition) is 2. The molecule has 1 atom stereocenters. The Labute approximate surface area is 131 Å². The van der Waals surface area contributed by atoms with Crippen LogP contribution in [0.5, 0.6) is 0 Å². The molecule has 0 spiro atoms. The standard InChI is InChI=1S/C18H25N3O/c1-18(2,3)13-7-6-12-9-16(21-15(12)10-13)17(22)20-14-5-4-8-19-11-14/h6-7,9-10,14,19,21H,4-5,8,11H2,1-3H3,(H,20,22)/t14-/m0/s1. The van der Waals surface area contributed by atoms with Crippen LogP contribution >= 0.6 is 0 Å². The van der Waals surface area contributed by atoms with Crippen LogP contribution in [0.3, 0.4) is 0 Å². The van der Waals surface area contributed by atoms with Crippen molar-refractivity contribution in [3.05, 3.63) is 35.5 Å². The quantitative estimate of drug-likeness (QED) is 0.798. The summed E-state index contributed by atoms with van der Waals surface area (Å²) in [6.07, 6.45) is 2.17. The van der Waals surface area contributed by atoms with E-state index in [1.807, 2.05) is 6.07 Å². The largest absolute Gasteiger partial charge is 0.351 e. The molecule has 1 saturated heterocycles.